The molecule has 14 heavy (non-hydrogen) atoms. The SMILES string of the molecule is NC(C(=O)NCC1CCC1)C(F)(F)F. The Morgan fingerprint density at radius 1 is 1.50 bits per heavy atom. The average Bonchev–Trinajstić information content (AvgIpc) is 1.98. The molecular formula is C8H13F3N2O. The lowest BCUT2D eigenvalue weighted by atomic mass is 9.85. The van der Waals surface area contributed by atoms with Gasteiger partial charge in [0.2, 0.25) is 5.91 Å². The number of hydrogen-bond acceptors (Lipinski definition) is 2. The number of nitrogens with two attached hydrogens (primary N) is 1. The zero-order chi connectivity index (χ0) is 10.8. The third-order valence-electron chi connectivity index (χ3n) is 2.42. The summed E-state index contributed by atoms with van der Waals surface area (Å²) in [6, 6.07) is -2.40. The van der Waals surface area contributed by atoms with E-state index in [4.69, 9.17) is 5.73 Å². The van der Waals surface area contributed by atoms with Crippen molar-refractivity contribution in [2.24, 2.45) is 11.7 Å². The standard InChI is InChI=1S/C8H13F3N2O/c9-8(10,11)6(12)7(14)13-4-5-2-1-3-5/h5-6H,1-4,12H2,(H,13,14). The van der Waals surface area contributed by atoms with Crippen LogP contribution in [0.3, 0.4) is 0 Å². The summed E-state index contributed by atoms with van der Waals surface area (Å²) < 4.78 is 35.8. The molecule has 0 radical (unpaired) electrons. The number of alkyl halides is 3. The van der Waals surface area contributed by atoms with Crippen molar-refractivity contribution < 1.29 is 18.0 Å². The van der Waals surface area contributed by atoms with Gasteiger partial charge in [0, 0.05) is 6.54 Å². The van der Waals surface area contributed by atoms with Crippen molar-refractivity contribution >= 4 is 5.91 Å². The number of carbonyl (C=O) groups is 1. The van der Waals surface area contributed by atoms with Crippen molar-refractivity contribution in [1.82, 2.24) is 5.32 Å². The van der Waals surface area contributed by atoms with Crippen LogP contribution in [0.25, 0.3) is 0 Å². The van der Waals surface area contributed by atoms with Crippen LogP contribution in [-0.4, -0.2) is 24.7 Å². The lowest BCUT2D eigenvalue weighted by Crippen LogP contribution is -2.51. The molecule has 1 atom stereocenters. The predicted octanol–water partition coefficient (Wildman–Crippen LogP) is 0.792. The molecule has 0 heterocycles. The normalized spacial score (nSPS) is 20.0. The Morgan fingerprint density at radius 2 is 2.07 bits per heavy atom. The van der Waals surface area contributed by atoms with Crippen LogP contribution >= 0.6 is 0 Å². The molecule has 0 saturated heterocycles. The second kappa shape index (κ2) is 4.16. The van der Waals surface area contributed by atoms with E-state index >= 15 is 0 Å². The first kappa shape index (κ1) is 11.3. The van der Waals surface area contributed by atoms with Gasteiger partial charge in [0.1, 0.15) is 0 Å². The molecule has 1 saturated carbocycles. The molecule has 1 aliphatic carbocycles. The molecule has 1 fully saturated rings. The van der Waals surface area contributed by atoms with Crippen LogP contribution in [0.4, 0.5) is 13.2 Å². The topological polar surface area (TPSA) is 55.1 Å². The lowest BCUT2D eigenvalue weighted by Gasteiger charge is -2.26. The Bertz CT molecular complexity index is 213. The summed E-state index contributed by atoms with van der Waals surface area (Å²) in [5.74, 6) is -0.802. The Balaban J connectivity index is 2.26. The molecule has 0 aromatic rings. The average molecular weight is 210 g/mol. The fourth-order valence-electron chi connectivity index (χ4n) is 1.20. The minimum atomic E-state index is -4.65. The summed E-state index contributed by atoms with van der Waals surface area (Å²) in [6.07, 6.45) is -1.61. The van der Waals surface area contributed by atoms with Crippen molar-refractivity contribution in [3.63, 3.8) is 0 Å². The third kappa shape index (κ3) is 2.87. The largest absolute Gasteiger partial charge is 0.412 e. The summed E-state index contributed by atoms with van der Waals surface area (Å²) in [4.78, 5) is 10.9. The highest BCUT2D eigenvalue weighted by Crippen LogP contribution is 2.25. The maximum Gasteiger partial charge on any atom is 0.412 e. The second-order valence-electron chi connectivity index (χ2n) is 3.56. The van der Waals surface area contributed by atoms with Crippen molar-refractivity contribution in [3.8, 4) is 0 Å². The van der Waals surface area contributed by atoms with Gasteiger partial charge in [-0.1, -0.05) is 6.42 Å². The van der Waals surface area contributed by atoms with Crippen LogP contribution in [0.5, 0.6) is 0 Å². The molecule has 0 bridgehead atoms. The van der Waals surface area contributed by atoms with Crippen molar-refractivity contribution in [2.45, 2.75) is 31.5 Å². The van der Waals surface area contributed by atoms with E-state index in [1.807, 2.05) is 0 Å². The van der Waals surface area contributed by atoms with Gasteiger partial charge in [-0.3, -0.25) is 4.79 Å². The summed E-state index contributed by atoms with van der Waals surface area (Å²) in [7, 11) is 0. The van der Waals surface area contributed by atoms with E-state index in [2.05, 4.69) is 5.32 Å². The van der Waals surface area contributed by atoms with Crippen molar-refractivity contribution in [2.75, 3.05) is 6.54 Å². The first-order valence-electron chi connectivity index (χ1n) is 4.51. The molecule has 0 aliphatic heterocycles. The lowest BCUT2D eigenvalue weighted by molar-refractivity contribution is -0.163. The van der Waals surface area contributed by atoms with Crippen LogP contribution in [-0.2, 0) is 4.79 Å². The smallest absolute Gasteiger partial charge is 0.354 e. The van der Waals surface area contributed by atoms with Gasteiger partial charge >= 0.3 is 6.18 Å². The van der Waals surface area contributed by atoms with E-state index in [0.717, 1.165) is 19.3 Å². The van der Waals surface area contributed by atoms with E-state index in [1.54, 1.807) is 0 Å². The van der Waals surface area contributed by atoms with Gasteiger partial charge in [-0.05, 0) is 18.8 Å². The Labute approximate surface area is 79.8 Å². The van der Waals surface area contributed by atoms with Gasteiger partial charge in [0.25, 0.3) is 0 Å². The maximum absolute atomic E-state index is 11.9. The first-order chi connectivity index (χ1) is 6.41. The molecule has 82 valence electrons. The highest BCUT2D eigenvalue weighted by atomic mass is 19.4. The predicted molar refractivity (Wildman–Crippen MR) is 44.4 cm³/mol. The molecule has 6 heteroatoms. The summed E-state index contributed by atoms with van der Waals surface area (Å²) in [6.45, 7) is 0.308. The molecule has 3 nitrogen and oxygen atoms in total. The summed E-state index contributed by atoms with van der Waals surface area (Å²) in [5.41, 5.74) is 4.70. The van der Waals surface area contributed by atoms with E-state index in [-0.39, 0.29) is 0 Å². The van der Waals surface area contributed by atoms with Crippen LogP contribution < -0.4 is 11.1 Å². The van der Waals surface area contributed by atoms with E-state index in [0.29, 0.717) is 12.5 Å². The number of hydrogen-bond donors (Lipinski definition) is 2. The first-order valence-corrected chi connectivity index (χ1v) is 4.51. The molecule has 1 unspecified atom stereocenters. The summed E-state index contributed by atoms with van der Waals surface area (Å²) in [5, 5.41) is 2.21. The molecule has 1 aliphatic rings. The highest BCUT2D eigenvalue weighted by Gasteiger charge is 2.42. The molecular weight excluding hydrogens is 197 g/mol. The van der Waals surface area contributed by atoms with Crippen molar-refractivity contribution in [3.05, 3.63) is 0 Å². The van der Waals surface area contributed by atoms with E-state index in [9.17, 15) is 18.0 Å². The Morgan fingerprint density at radius 3 is 2.43 bits per heavy atom. The van der Waals surface area contributed by atoms with Gasteiger partial charge in [-0.25, -0.2) is 0 Å². The highest BCUT2D eigenvalue weighted by molar-refractivity contribution is 5.82. The van der Waals surface area contributed by atoms with Crippen molar-refractivity contribution in [1.29, 1.82) is 0 Å². The molecule has 1 amide bonds. The monoisotopic (exact) mass is 210 g/mol. The molecule has 0 aromatic carbocycles. The van der Waals surface area contributed by atoms with Gasteiger partial charge in [0.15, 0.2) is 6.04 Å². The number of carbonyl (C=O) groups excluding carboxylic acids is 1. The third-order valence-corrected chi connectivity index (χ3v) is 2.42. The van der Waals surface area contributed by atoms with Gasteiger partial charge in [0.05, 0.1) is 0 Å². The zero-order valence-corrected chi connectivity index (χ0v) is 7.60. The number of rotatable bonds is 3. The summed E-state index contributed by atoms with van der Waals surface area (Å²) >= 11 is 0. The van der Waals surface area contributed by atoms with Crippen LogP contribution in [0.2, 0.25) is 0 Å². The number of halogens is 3. The van der Waals surface area contributed by atoms with E-state index < -0.39 is 18.1 Å². The van der Waals surface area contributed by atoms with Crippen LogP contribution in [0.15, 0.2) is 0 Å². The fourth-order valence-corrected chi connectivity index (χ4v) is 1.20. The number of nitrogens with one attached hydrogen (secondary N) is 1. The molecule has 0 spiro atoms. The van der Waals surface area contributed by atoms with Gasteiger partial charge in [-0.2, -0.15) is 13.2 Å². The maximum atomic E-state index is 11.9. The minimum Gasteiger partial charge on any atom is -0.354 e. The van der Waals surface area contributed by atoms with Gasteiger partial charge in [-0.15, -0.1) is 0 Å². The molecule has 0 aromatic heterocycles. The molecule has 3 N–H and O–H groups in total. The van der Waals surface area contributed by atoms with Crippen LogP contribution in [0, 0.1) is 5.92 Å². The van der Waals surface area contributed by atoms with E-state index in [1.165, 1.54) is 0 Å². The fraction of sp³-hybridized carbons (Fsp3) is 0.875. The number of amides is 1. The Kier molecular flexibility index (Phi) is 3.36. The Hall–Kier alpha value is -0.780. The van der Waals surface area contributed by atoms with Crippen LogP contribution in [0.1, 0.15) is 19.3 Å². The second-order valence-corrected chi connectivity index (χ2v) is 3.56. The quantitative estimate of drug-likeness (QED) is 0.723. The minimum absolute atomic E-state index is 0.308. The zero-order valence-electron chi connectivity index (χ0n) is 7.60. The molecule has 1 rings (SSSR count). The van der Waals surface area contributed by atoms with Gasteiger partial charge < -0.3 is 11.1 Å².